The van der Waals surface area contributed by atoms with Crippen molar-refractivity contribution in [3.8, 4) is 11.5 Å². The second-order valence-electron chi connectivity index (χ2n) is 7.44. The zero-order chi connectivity index (χ0) is 22.2. The maximum Gasteiger partial charge on any atom is 0.251 e. The van der Waals surface area contributed by atoms with Gasteiger partial charge in [0.15, 0.2) is 11.5 Å². The lowest BCUT2D eigenvalue weighted by Gasteiger charge is -2.28. The van der Waals surface area contributed by atoms with Crippen LogP contribution >= 0.6 is 0 Å². The molecule has 0 atom stereocenters. The summed E-state index contributed by atoms with van der Waals surface area (Å²) >= 11 is 0. The molecule has 2 heterocycles. The number of anilines is 1. The van der Waals surface area contributed by atoms with Crippen molar-refractivity contribution in [2.24, 2.45) is 0 Å². The highest BCUT2D eigenvalue weighted by molar-refractivity contribution is 5.94. The molecule has 7 heteroatoms. The van der Waals surface area contributed by atoms with Crippen LogP contribution in [0.3, 0.4) is 0 Å². The third-order valence-corrected chi connectivity index (χ3v) is 5.26. The van der Waals surface area contributed by atoms with Gasteiger partial charge in [-0.25, -0.2) is 4.98 Å². The third-order valence-electron chi connectivity index (χ3n) is 5.26. The standard InChI is InChI=1S/C25H27N3O4/c1-30-23-16-21(7-8-22(23)32-18-19-5-3-2-4-6-19)25(29)27-17-20-9-10-26-24(15-20)28-11-13-31-14-12-28/h2-10,15-16H,11-14,17-18H2,1H3,(H,27,29). The number of benzene rings is 2. The summed E-state index contributed by atoms with van der Waals surface area (Å²) in [6.45, 7) is 3.89. The van der Waals surface area contributed by atoms with E-state index in [0.29, 0.717) is 43.4 Å². The molecule has 1 fully saturated rings. The van der Waals surface area contributed by atoms with Crippen molar-refractivity contribution in [3.63, 3.8) is 0 Å². The molecular formula is C25H27N3O4. The number of nitrogens with one attached hydrogen (secondary N) is 1. The Bertz CT molecular complexity index is 1040. The summed E-state index contributed by atoms with van der Waals surface area (Å²) in [7, 11) is 1.57. The van der Waals surface area contributed by atoms with Gasteiger partial charge in [-0.2, -0.15) is 0 Å². The Balaban J connectivity index is 1.37. The first kappa shape index (κ1) is 21.6. The minimum absolute atomic E-state index is 0.178. The van der Waals surface area contributed by atoms with Crippen molar-refractivity contribution in [2.75, 3.05) is 38.3 Å². The minimum atomic E-state index is -0.178. The molecule has 1 amide bonds. The smallest absolute Gasteiger partial charge is 0.251 e. The quantitative estimate of drug-likeness (QED) is 0.587. The monoisotopic (exact) mass is 433 g/mol. The van der Waals surface area contributed by atoms with Gasteiger partial charge in [-0.15, -0.1) is 0 Å². The molecule has 166 valence electrons. The molecule has 1 saturated heterocycles. The molecule has 3 aromatic rings. The molecule has 7 nitrogen and oxygen atoms in total. The molecule has 0 spiro atoms. The van der Waals surface area contributed by atoms with Gasteiger partial charge in [0.2, 0.25) is 0 Å². The van der Waals surface area contributed by atoms with E-state index in [1.807, 2.05) is 42.5 Å². The Kier molecular flexibility index (Phi) is 7.19. The van der Waals surface area contributed by atoms with E-state index in [-0.39, 0.29) is 5.91 Å². The first-order valence-electron chi connectivity index (χ1n) is 10.6. The molecule has 0 saturated carbocycles. The molecule has 1 aliphatic rings. The van der Waals surface area contributed by atoms with Crippen LogP contribution in [0.2, 0.25) is 0 Å². The second-order valence-corrected chi connectivity index (χ2v) is 7.44. The van der Waals surface area contributed by atoms with E-state index in [1.54, 1.807) is 31.5 Å². The van der Waals surface area contributed by atoms with Gasteiger partial charge < -0.3 is 24.4 Å². The minimum Gasteiger partial charge on any atom is -0.493 e. The molecule has 1 N–H and O–H groups in total. The number of rotatable bonds is 8. The Labute approximate surface area is 187 Å². The van der Waals surface area contributed by atoms with Crippen molar-refractivity contribution >= 4 is 11.7 Å². The Hall–Kier alpha value is -3.58. The summed E-state index contributed by atoms with van der Waals surface area (Å²) in [5, 5.41) is 2.97. The Morgan fingerprint density at radius 3 is 2.62 bits per heavy atom. The van der Waals surface area contributed by atoms with Crippen LogP contribution in [0.4, 0.5) is 5.82 Å². The second kappa shape index (κ2) is 10.6. The average molecular weight is 434 g/mol. The molecule has 0 bridgehead atoms. The first-order chi connectivity index (χ1) is 15.7. The van der Waals surface area contributed by atoms with Crippen LogP contribution in [0, 0.1) is 0 Å². The van der Waals surface area contributed by atoms with E-state index >= 15 is 0 Å². The number of pyridine rings is 1. The average Bonchev–Trinajstić information content (AvgIpc) is 2.87. The van der Waals surface area contributed by atoms with Gasteiger partial charge in [-0.3, -0.25) is 4.79 Å². The number of hydrogen-bond acceptors (Lipinski definition) is 6. The Morgan fingerprint density at radius 2 is 1.84 bits per heavy atom. The van der Waals surface area contributed by atoms with Crippen molar-refractivity contribution in [1.82, 2.24) is 10.3 Å². The lowest BCUT2D eigenvalue weighted by Crippen LogP contribution is -2.36. The van der Waals surface area contributed by atoms with E-state index in [4.69, 9.17) is 14.2 Å². The SMILES string of the molecule is COc1cc(C(=O)NCc2ccnc(N3CCOCC3)c2)ccc1OCc1ccccc1. The number of carbonyl (C=O) groups excluding carboxylic acids is 1. The van der Waals surface area contributed by atoms with Gasteiger partial charge in [0.25, 0.3) is 5.91 Å². The molecule has 0 radical (unpaired) electrons. The predicted octanol–water partition coefficient (Wildman–Crippen LogP) is 3.44. The molecular weight excluding hydrogens is 406 g/mol. The summed E-state index contributed by atoms with van der Waals surface area (Å²) in [5.74, 6) is 1.84. The lowest BCUT2D eigenvalue weighted by molar-refractivity contribution is 0.0950. The van der Waals surface area contributed by atoms with Gasteiger partial charge in [-0.05, 0) is 41.5 Å². The van der Waals surface area contributed by atoms with Gasteiger partial charge in [0.1, 0.15) is 12.4 Å². The number of amides is 1. The molecule has 32 heavy (non-hydrogen) atoms. The Morgan fingerprint density at radius 1 is 1.03 bits per heavy atom. The van der Waals surface area contributed by atoms with Crippen molar-refractivity contribution in [3.05, 3.63) is 83.6 Å². The molecule has 0 aliphatic carbocycles. The summed E-state index contributed by atoms with van der Waals surface area (Å²) in [6.07, 6.45) is 1.77. The normalized spacial score (nSPS) is 13.5. The number of ether oxygens (including phenoxy) is 3. The van der Waals surface area contributed by atoms with E-state index in [2.05, 4.69) is 15.2 Å². The fourth-order valence-corrected chi connectivity index (χ4v) is 3.48. The summed E-state index contributed by atoms with van der Waals surface area (Å²) < 4.78 is 16.7. The van der Waals surface area contributed by atoms with Crippen LogP contribution in [0.1, 0.15) is 21.5 Å². The lowest BCUT2D eigenvalue weighted by atomic mass is 10.1. The van der Waals surface area contributed by atoms with Crippen LogP contribution in [0.25, 0.3) is 0 Å². The summed E-state index contributed by atoms with van der Waals surface area (Å²) in [6, 6.07) is 19.0. The fourth-order valence-electron chi connectivity index (χ4n) is 3.48. The summed E-state index contributed by atoms with van der Waals surface area (Å²) in [5.41, 5.74) is 2.56. The fraction of sp³-hybridized carbons (Fsp3) is 0.280. The number of morpholine rings is 1. The molecule has 0 unspecified atom stereocenters. The van der Waals surface area contributed by atoms with Crippen LogP contribution in [0.15, 0.2) is 66.9 Å². The topological polar surface area (TPSA) is 72.9 Å². The summed E-state index contributed by atoms with van der Waals surface area (Å²) in [4.78, 5) is 19.3. The highest BCUT2D eigenvalue weighted by Gasteiger charge is 2.14. The molecule has 1 aromatic heterocycles. The van der Waals surface area contributed by atoms with Crippen LogP contribution in [-0.2, 0) is 17.9 Å². The maximum absolute atomic E-state index is 12.7. The number of aromatic nitrogens is 1. The van der Waals surface area contributed by atoms with E-state index in [0.717, 1.165) is 30.0 Å². The zero-order valence-corrected chi connectivity index (χ0v) is 18.1. The number of methoxy groups -OCH3 is 1. The number of nitrogens with zero attached hydrogens (tertiary/aromatic N) is 2. The van der Waals surface area contributed by atoms with Crippen molar-refractivity contribution in [1.29, 1.82) is 0 Å². The van der Waals surface area contributed by atoms with Gasteiger partial charge >= 0.3 is 0 Å². The van der Waals surface area contributed by atoms with Crippen molar-refractivity contribution < 1.29 is 19.0 Å². The molecule has 2 aromatic carbocycles. The maximum atomic E-state index is 12.7. The number of carbonyl (C=O) groups is 1. The third kappa shape index (κ3) is 5.56. The first-order valence-corrected chi connectivity index (χ1v) is 10.6. The van der Waals surface area contributed by atoms with Crippen molar-refractivity contribution in [2.45, 2.75) is 13.2 Å². The molecule has 1 aliphatic heterocycles. The van der Waals surface area contributed by atoms with Gasteiger partial charge in [0.05, 0.1) is 20.3 Å². The number of hydrogen-bond donors (Lipinski definition) is 1. The molecule has 4 rings (SSSR count). The van der Waals surface area contributed by atoms with Gasteiger partial charge in [-0.1, -0.05) is 30.3 Å². The van der Waals surface area contributed by atoms with Crippen LogP contribution in [-0.4, -0.2) is 44.3 Å². The van der Waals surface area contributed by atoms with Crippen LogP contribution in [0.5, 0.6) is 11.5 Å². The largest absolute Gasteiger partial charge is 0.493 e. The highest BCUT2D eigenvalue weighted by Crippen LogP contribution is 2.29. The van der Waals surface area contributed by atoms with Gasteiger partial charge in [0, 0.05) is 31.4 Å². The zero-order valence-electron chi connectivity index (χ0n) is 18.1. The predicted molar refractivity (Wildman–Crippen MR) is 122 cm³/mol. The van der Waals surface area contributed by atoms with E-state index in [9.17, 15) is 4.79 Å². The van der Waals surface area contributed by atoms with Crippen LogP contribution < -0.4 is 19.7 Å². The van der Waals surface area contributed by atoms with E-state index in [1.165, 1.54) is 0 Å². The highest BCUT2D eigenvalue weighted by atomic mass is 16.5. The van der Waals surface area contributed by atoms with E-state index < -0.39 is 0 Å².